The van der Waals surface area contributed by atoms with E-state index in [1.54, 1.807) is 6.07 Å². The average Bonchev–Trinajstić information content (AvgIpc) is 2.82. The van der Waals surface area contributed by atoms with Gasteiger partial charge in [-0.05, 0) is 38.8 Å². The van der Waals surface area contributed by atoms with Crippen molar-refractivity contribution in [2.24, 2.45) is 5.92 Å². The molecule has 0 aliphatic carbocycles. The number of hydrogen-bond acceptors (Lipinski definition) is 5. The predicted molar refractivity (Wildman–Crippen MR) is 82.2 cm³/mol. The molecule has 0 radical (unpaired) electrons. The van der Waals surface area contributed by atoms with Gasteiger partial charge in [0.25, 0.3) is 0 Å². The molecule has 0 aromatic carbocycles. The van der Waals surface area contributed by atoms with Gasteiger partial charge in [0.1, 0.15) is 0 Å². The maximum atomic E-state index is 12.0. The highest BCUT2D eigenvalue weighted by Gasteiger charge is 2.21. The molecule has 2 heterocycles. The van der Waals surface area contributed by atoms with E-state index in [1.807, 2.05) is 6.92 Å². The van der Waals surface area contributed by atoms with Crippen LogP contribution in [0, 0.1) is 12.8 Å². The number of hydrogen-bond donors (Lipinski definition) is 2. The molecule has 0 spiro atoms. The summed E-state index contributed by atoms with van der Waals surface area (Å²) in [5, 5.41) is 9.99. The number of nitrogens with zero attached hydrogens (tertiary/aromatic N) is 2. The third-order valence-corrected chi connectivity index (χ3v) is 3.68. The first-order valence-corrected chi connectivity index (χ1v) is 7.72. The van der Waals surface area contributed by atoms with E-state index in [1.165, 1.54) is 6.42 Å². The molecule has 1 aromatic rings. The Hall–Kier alpha value is -1.40. The smallest absolute Gasteiger partial charge is 0.240 e. The Morgan fingerprint density at radius 2 is 2.38 bits per heavy atom. The largest absolute Gasteiger partial charge is 0.338 e. The lowest BCUT2D eigenvalue weighted by atomic mass is 9.98. The second-order valence-electron chi connectivity index (χ2n) is 6.19. The number of aromatic nitrogens is 1. The van der Waals surface area contributed by atoms with Crippen molar-refractivity contribution in [3.8, 4) is 0 Å². The molecule has 1 aliphatic heterocycles. The van der Waals surface area contributed by atoms with Crippen LogP contribution < -0.4 is 10.6 Å². The summed E-state index contributed by atoms with van der Waals surface area (Å²) < 4.78 is 5.00. The molecule has 1 aliphatic rings. The van der Waals surface area contributed by atoms with Crippen LogP contribution in [0.3, 0.4) is 0 Å². The molecule has 1 atom stereocenters. The molecule has 1 saturated heterocycles. The lowest BCUT2D eigenvalue weighted by molar-refractivity contribution is -0.117. The number of likely N-dealkylation sites (tertiary alicyclic amines) is 1. The fraction of sp³-hybridized carbons (Fsp3) is 0.733. The lowest BCUT2D eigenvalue weighted by Crippen LogP contribution is -2.43. The average molecular weight is 294 g/mol. The zero-order valence-electron chi connectivity index (χ0n) is 13.2. The Morgan fingerprint density at radius 3 is 3.05 bits per heavy atom. The standard InChI is InChI=1S/C15H26N4O2/c1-11(2)16-8-13-5-4-6-19(9-13)10-14(20)17-15-7-12(3)18-21-15/h7,11,13,16H,4-6,8-10H2,1-3H3,(H,17,20). The second kappa shape index (κ2) is 7.56. The first-order chi connectivity index (χ1) is 10.0. The van der Waals surface area contributed by atoms with Gasteiger partial charge in [0.2, 0.25) is 11.8 Å². The molecule has 0 saturated carbocycles. The van der Waals surface area contributed by atoms with Crippen LogP contribution in [-0.4, -0.2) is 48.2 Å². The minimum Gasteiger partial charge on any atom is -0.338 e. The fourth-order valence-corrected chi connectivity index (χ4v) is 2.67. The number of carbonyl (C=O) groups excluding carboxylic acids is 1. The van der Waals surface area contributed by atoms with Gasteiger partial charge in [0.15, 0.2) is 0 Å². The third-order valence-electron chi connectivity index (χ3n) is 3.68. The number of anilines is 1. The van der Waals surface area contributed by atoms with Gasteiger partial charge in [-0.2, -0.15) is 0 Å². The highest BCUT2D eigenvalue weighted by molar-refractivity contribution is 5.90. The van der Waals surface area contributed by atoms with E-state index in [2.05, 4.69) is 34.5 Å². The number of aryl methyl sites for hydroxylation is 1. The Bertz CT molecular complexity index is 458. The van der Waals surface area contributed by atoms with Gasteiger partial charge < -0.3 is 9.84 Å². The topological polar surface area (TPSA) is 70.4 Å². The Balaban J connectivity index is 1.75. The summed E-state index contributed by atoms with van der Waals surface area (Å²) in [4.78, 5) is 14.2. The van der Waals surface area contributed by atoms with Crippen LogP contribution in [0.4, 0.5) is 5.88 Å². The van der Waals surface area contributed by atoms with Crippen LogP contribution in [0.5, 0.6) is 0 Å². The van der Waals surface area contributed by atoms with Gasteiger partial charge >= 0.3 is 0 Å². The van der Waals surface area contributed by atoms with Crippen molar-refractivity contribution in [3.63, 3.8) is 0 Å². The van der Waals surface area contributed by atoms with Gasteiger partial charge in [-0.3, -0.25) is 15.0 Å². The summed E-state index contributed by atoms with van der Waals surface area (Å²) in [6.45, 7) is 9.55. The normalized spacial score (nSPS) is 19.9. The Kier molecular flexibility index (Phi) is 5.76. The number of piperidine rings is 1. The van der Waals surface area contributed by atoms with Crippen molar-refractivity contribution in [2.45, 2.75) is 39.7 Å². The van der Waals surface area contributed by atoms with E-state index in [-0.39, 0.29) is 5.91 Å². The first-order valence-electron chi connectivity index (χ1n) is 7.72. The summed E-state index contributed by atoms with van der Waals surface area (Å²) in [6.07, 6.45) is 2.39. The summed E-state index contributed by atoms with van der Waals surface area (Å²) in [5.41, 5.74) is 0.767. The molecule has 1 unspecified atom stereocenters. The van der Waals surface area contributed by atoms with Crippen molar-refractivity contribution < 1.29 is 9.32 Å². The van der Waals surface area contributed by atoms with Crippen LogP contribution >= 0.6 is 0 Å². The Labute approximate surface area is 126 Å². The summed E-state index contributed by atoms with van der Waals surface area (Å²) in [7, 11) is 0. The molecule has 1 aromatic heterocycles. The molecule has 1 amide bonds. The van der Waals surface area contributed by atoms with Crippen LogP contribution in [0.25, 0.3) is 0 Å². The quantitative estimate of drug-likeness (QED) is 0.834. The SMILES string of the molecule is Cc1cc(NC(=O)CN2CCCC(CNC(C)C)C2)on1. The maximum Gasteiger partial charge on any atom is 0.240 e. The summed E-state index contributed by atoms with van der Waals surface area (Å²) >= 11 is 0. The van der Waals surface area contributed by atoms with E-state index in [4.69, 9.17) is 4.52 Å². The maximum absolute atomic E-state index is 12.0. The minimum atomic E-state index is -0.0383. The van der Waals surface area contributed by atoms with Crippen LogP contribution in [0.2, 0.25) is 0 Å². The molecule has 118 valence electrons. The van der Waals surface area contributed by atoms with Crippen molar-refractivity contribution in [3.05, 3.63) is 11.8 Å². The van der Waals surface area contributed by atoms with Crippen LogP contribution in [0.15, 0.2) is 10.6 Å². The first kappa shape index (κ1) is 16.0. The van der Waals surface area contributed by atoms with Crippen molar-refractivity contribution in [2.75, 3.05) is 31.5 Å². The second-order valence-corrected chi connectivity index (χ2v) is 6.19. The number of amides is 1. The molecular weight excluding hydrogens is 268 g/mol. The van der Waals surface area contributed by atoms with Gasteiger partial charge in [-0.25, -0.2) is 0 Å². The highest BCUT2D eigenvalue weighted by Crippen LogP contribution is 2.16. The lowest BCUT2D eigenvalue weighted by Gasteiger charge is -2.32. The van der Waals surface area contributed by atoms with E-state index in [9.17, 15) is 4.79 Å². The van der Waals surface area contributed by atoms with Crippen molar-refractivity contribution >= 4 is 11.8 Å². The molecule has 2 N–H and O–H groups in total. The number of rotatable bonds is 6. The highest BCUT2D eigenvalue weighted by atomic mass is 16.5. The monoisotopic (exact) mass is 294 g/mol. The zero-order valence-corrected chi connectivity index (χ0v) is 13.2. The minimum absolute atomic E-state index is 0.0383. The number of carbonyl (C=O) groups is 1. The Morgan fingerprint density at radius 1 is 1.57 bits per heavy atom. The van der Waals surface area contributed by atoms with Crippen molar-refractivity contribution in [1.82, 2.24) is 15.4 Å². The van der Waals surface area contributed by atoms with Gasteiger partial charge in [0.05, 0.1) is 12.2 Å². The van der Waals surface area contributed by atoms with Gasteiger partial charge in [-0.1, -0.05) is 19.0 Å². The van der Waals surface area contributed by atoms with Crippen LogP contribution in [0.1, 0.15) is 32.4 Å². The predicted octanol–water partition coefficient (Wildman–Crippen LogP) is 1.63. The molecular formula is C15H26N4O2. The molecule has 21 heavy (non-hydrogen) atoms. The van der Waals surface area contributed by atoms with Gasteiger partial charge in [0, 0.05) is 18.7 Å². The van der Waals surface area contributed by atoms with E-state index in [0.29, 0.717) is 24.4 Å². The molecule has 0 bridgehead atoms. The van der Waals surface area contributed by atoms with Crippen molar-refractivity contribution in [1.29, 1.82) is 0 Å². The zero-order chi connectivity index (χ0) is 15.2. The molecule has 6 heteroatoms. The van der Waals surface area contributed by atoms with E-state index >= 15 is 0 Å². The van der Waals surface area contributed by atoms with Crippen LogP contribution in [-0.2, 0) is 4.79 Å². The molecule has 1 fully saturated rings. The van der Waals surface area contributed by atoms with E-state index < -0.39 is 0 Å². The summed E-state index contributed by atoms with van der Waals surface area (Å²) in [5.74, 6) is 1.01. The number of nitrogens with one attached hydrogen (secondary N) is 2. The fourth-order valence-electron chi connectivity index (χ4n) is 2.67. The van der Waals surface area contributed by atoms with E-state index in [0.717, 1.165) is 31.7 Å². The molecule has 6 nitrogen and oxygen atoms in total. The summed E-state index contributed by atoms with van der Waals surface area (Å²) in [6, 6.07) is 2.24. The third kappa shape index (κ3) is 5.47. The molecule has 2 rings (SSSR count). The van der Waals surface area contributed by atoms with Gasteiger partial charge in [-0.15, -0.1) is 0 Å².